The summed E-state index contributed by atoms with van der Waals surface area (Å²) in [5.41, 5.74) is 0. The van der Waals surface area contributed by atoms with Crippen molar-refractivity contribution >= 4 is 17.9 Å². The molecule has 1 rings (SSSR count). The number of hydrogen-bond acceptors (Lipinski definition) is 3. The lowest BCUT2D eigenvalue weighted by molar-refractivity contribution is -0.141. The Hall–Kier alpha value is -1.79. The van der Waals surface area contributed by atoms with E-state index in [4.69, 9.17) is 5.11 Å². The maximum atomic E-state index is 11.8. The molecular formula is C11H19N3O4. The summed E-state index contributed by atoms with van der Waals surface area (Å²) in [6.45, 7) is 2.26. The van der Waals surface area contributed by atoms with Crippen LogP contribution in [0.25, 0.3) is 0 Å². The molecule has 1 aliphatic rings. The molecule has 0 aromatic heterocycles. The molecule has 2 unspecified atom stereocenters. The van der Waals surface area contributed by atoms with Crippen molar-refractivity contribution in [2.45, 2.75) is 19.4 Å². The van der Waals surface area contributed by atoms with Gasteiger partial charge in [0.05, 0.1) is 5.92 Å². The molecule has 18 heavy (non-hydrogen) atoms. The fraction of sp³-hybridized carbons (Fsp3) is 0.727. The maximum Gasteiger partial charge on any atom is 0.317 e. The highest BCUT2D eigenvalue weighted by Crippen LogP contribution is 2.09. The van der Waals surface area contributed by atoms with Gasteiger partial charge in [-0.15, -0.1) is 0 Å². The Kier molecular flexibility index (Phi) is 4.52. The molecular weight excluding hydrogens is 238 g/mol. The minimum Gasteiger partial charge on any atom is -0.481 e. The topological polar surface area (TPSA) is 90.0 Å². The summed E-state index contributed by atoms with van der Waals surface area (Å²) in [7, 11) is 3.20. The van der Waals surface area contributed by atoms with Crippen LogP contribution < -0.4 is 5.32 Å². The summed E-state index contributed by atoms with van der Waals surface area (Å²) in [6.07, 6.45) is 0.587. The normalized spacial score (nSPS) is 20.7. The van der Waals surface area contributed by atoms with Crippen molar-refractivity contribution in [1.82, 2.24) is 15.1 Å². The molecule has 2 N–H and O–H groups in total. The van der Waals surface area contributed by atoms with E-state index in [1.54, 1.807) is 11.9 Å². The second-order valence-corrected chi connectivity index (χ2v) is 4.67. The van der Waals surface area contributed by atoms with E-state index in [9.17, 15) is 14.4 Å². The largest absolute Gasteiger partial charge is 0.481 e. The predicted molar refractivity (Wildman–Crippen MR) is 64.0 cm³/mol. The van der Waals surface area contributed by atoms with Crippen LogP contribution in [-0.4, -0.2) is 66.0 Å². The Morgan fingerprint density at radius 3 is 2.67 bits per heavy atom. The third kappa shape index (κ3) is 3.35. The molecule has 7 heteroatoms. The van der Waals surface area contributed by atoms with Crippen molar-refractivity contribution in [2.24, 2.45) is 5.92 Å². The van der Waals surface area contributed by atoms with Crippen LogP contribution in [0.15, 0.2) is 0 Å². The fourth-order valence-corrected chi connectivity index (χ4v) is 1.79. The molecule has 3 amide bonds. The zero-order chi connectivity index (χ0) is 13.9. The van der Waals surface area contributed by atoms with Gasteiger partial charge < -0.3 is 20.2 Å². The minimum absolute atomic E-state index is 0.108. The molecule has 0 bridgehead atoms. The Labute approximate surface area is 106 Å². The number of carboxylic acid groups (broad SMARTS) is 1. The molecule has 7 nitrogen and oxygen atoms in total. The van der Waals surface area contributed by atoms with E-state index >= 15 is 0 Å². The van der Waals surface area contributed by atoms with Gasteiger partial charge in [0.2, 0.25) is 5.91 Å². The molecule has 1 saturated heterocycles. The Bertz CT molecular complexity index is 358. The number of hydrogen-bond donors (Lipinski definition) is 2. The quantitative estimate of drug-likeness (QED) is 0.715. The van der Waals surface area contributed by atoms with Crippen LogP contribution in [0.5, 0.6) is 0 Å². The van der Waals surface area contributed by atoms with Gasteiger partial charge in [0.1, 0.15) is 6.04 Å². The van der Waals surface area contributed by atoms with Crippen LogP contribution in [0.3, 0.4) is 0 Å². The molecule has 0 aromatic rings. The number of carboxylic acids is 1. The van der Waals surface area contributed by atoms with Gasteiger partial charge in [-0.3, -0.25) is 9.59 Å². The van der Waals surface area contributed by atoms with Crippen LogP contribution in [0, 0.1) is 5.92 Å². The summed E-state index contributed by atoms with van der Waals surface area (Å²) in [5.74, 6) is -1.70. The standard InChI is InChI=1S/C11H19N3O4/c1-7(10(16)17)6-14(3)11(18)12-8-4-5-13(2)9(8)15/h7-8H,4-6H2,1-3H3,(H,12,18)(H,16,17). The Balaban J connectivity index is 2.45. The van der Waals surface area contributed by atoms with Gasteiger partial charge in [0.15, 0.2) is 0 Å². The third-order valence-electron chi connectivity index (χ3n) is 3.04. The number of urea groups is 1. The van der Waals surface area contributed by atoms with Crippen molar-refractivity contribution < 1.29 is 19.5 Å². The van der Waals surface area contributed by atoms with E-state index in [0.29, 0.717) is 13.0 Å². The van der Waals surface area contributed by atoms with Crippen molar-refractivity contribution in [3.63, 3.8) is 0 Å². The summed E-state index contributed by atoms with van der Waals surface area (Å²) < 4.78 is 0. The first-order valence-corrected chi connectivity index (χ1v) is 5.82. The highest BCUT2D eigenvalue weighted by Gasteiger charge is 2.31. The summed E-state index contributed by atoms with van der Waals surface area (Å²) >= 11 is 0. The van der Waals surface area contributed by atoms with Crippen LogP contribution in [0.2, 0.25) is 0 Å². The van der Waals surface area contributed by atoms with E-state index in [-0.39, 0.29) is 12.5 Å². The summed E-state index contributed by atoms with van der Waals surface area (Å²) in [6, 6.07) is -0.915. The Morgan fingerprint density at radius 2 is 2.22 bits per heavy atom. The third-order valence-corrected chi connectivity index (χ3v) is 3.04. The number of carbonyl (C=O) groups excluding carboxylic acids is 2. The van der Waals surface area contributed by atoms with Crippen LogP contribution in [-0.2, 0) is 9.59 Å². The van der Waals surface area contributed by atoms with Crippen LogP contribution in [0.4, 0.5) is 4.79 Å². The van der Waals surface area contributed by atoms with Gasteiger partial charge >= 0.3 is 12.0 Å². The summed E-state index contributed by atoms with van der Waals surface area (Å²) in [5, 5.41) is 11.4. The number of carbonyl (C=O) groups is 3. The van der Waals surface area contributed by atoms with Crippen molar-refractivity contribution in [2.75, 3.05) is 27.2 Å². The van der Waals surface area contributed by atoms with Gasteiger partial charge in [0, 0.05) is 27.2 Å². The predicted octanol–water partition coefficient (Wildman–Crippen LogP) is -0.421. The van der Waals surface area contributed by atoms with Gasteiger partial charge in [0.25, 0.3) is 0 Å². The van der Waals surface area contributed by atoms with E-state index in [0.717, 1.165) is 0 Å². The first-order valence-electron chi connectivity index (χ1n) is 5.82. The first-order chi connectivity index (χ1) is 8.32. The minimum atomic E-state index is -0.952. The first kappa shape index (κ1) is 14.3. The van der Waals surface area contributed by atoms with Gasteiger partial charge in [-0.25, -0.2) is 4.79 Å². The number of amides is 3. The van der Waals surface area contributed by atoms with Gasteiger partial charge in [-0.1, -0.05) is 6.92 Å². The lowest BCUT2D eigenvalue weighted by Crippen LogP contribution is -2.47. The van der Waals surface area contributed by atoms with Gasteiger partial charge in [-0.2, -0.15) is 0 Å². The average Bonchev–Trinajstić information content (AvgIpc) is 2.60. The van der Waals surface area contributed by atoms with E-state index < -0.39 is 24.0 Å². The number of likely N-dealkylation sites (tertiary alicyclic amines) is 1. The number of nitrogens with zero attached hydrogens (tertiary/aromatic N) is 2. The van der Waals surface area contributed by atoms with Crippen LogP contribution >= 0.6 is 0 Å². The average molecular weight is 257 g/mol. The van der Waals surface area contributed by atoms with Crippen molar-refractivity contribution in [3.8, 4) is 0 Å². The monoisotopic (exact) mass is 257 g/mol. The lowest BCUT2D eigenvalue weighted by Gasteiger charge is -2.22. The smallest absolute Gasteiger partial charge is 0.317 e. The molecule has 0 radical (unpaired) electrons. The highest BCUT2D eigenvalue weighted by atomic mass is 16.4. The molecule has 1 fully saturated rings. The molecule has 1 aliphatic heterocycles. The number of aliphatic carboxylic acids is 1. The lowest BCUT2D eigenvalue weighted by atomic mass is 10.2. The van der Waals surface area contributed by atoms with Crippen LogP contribution in [0.1, 0.15) is 13.3 Å². The van der Waals surface area contributed by atoms with E-state index in [2.05, 4.69) is 5.32 Å². The zero-order valence-corrected chi connectivity index (χ0v) is 10.8. The van der Waals surface area contributed by atoms with Crippen molar-refractivity contribution in [3.05, 3.63) is 0 Å². The highest BCUT2D eigenvalue weighted by molar-refractivity contribution is 5.88. The molecule has 0 spiro atoms. The fourth-order valence-electron chi connectivity index (χ4n) is 1.79. The molecule has 0 saturated carbocycles. The second-order valence-electron chi connectivity index (χ2n) is 4.67. The zero-order valence-electron chi connectivity index (χ0n) is 10.8. The van der Waals surface area contributed by atoms with E-state index in [1.165, 1.54) is 18.9 Å². The second kappa shape index (κ2) is 5.70. The Morgan fingerprint density at radius 1 is 1.61 bits per heavy atom. The number of likely N-dealkylation sites (N-methyl/N-ethyl adjacent to an activating group) is 1. The van der Waals surface area contributed by atoms with Gasteiger partial charge in [-0.05, 0) is 6.42 Å². The summed E-state index contributed by atoms with van der Waals surface area (Å²) in [4.78, 5) is 36.9. The maximum absolute atomic E-state index is 11.8. The molecule has 2 atom stereocenters. The molecule has 102 valence electrons. The van der Waals surface area contributed by atoms with Crippen molar-refractivity contribution in [1.29, 1.82) is 0 Å². The number of rotatable bonds is 4. The SMILES string of the molecule is CC(CN(C)C(=O)NC1CCN(C)C1=O)C(=O)O. The number of nitrogens with one attached hydrogen (secondary N) is 1. The molecule has 0 aliphatic carbocycles. The molecule has 0 aromatic carbocycles. The molecule has 1 heterocycles. The van der Waals surface area contributed by atoms with E-state index in [1.807, 2.05) is 0 Å².